The molecule has 4 atom stereocenters. The predicted octanol–water partition coefficient (Wildman–Crippen LogP) is 3.61. The van der Waals surface area contributed by atoms with Crippen LogP contribution in [0.1, 0.15) is 31.4 Å². The second-order valence-electron chi connectivity index (χ2n) is 8.31. The molecule has 2 aliphatic heterocycles. The largest absolute Gasteiger partial charge is 0.507 e. The molecule has 2 saturated heterocycles. The zero-order chi connectivity index (χ0) is 21.4. The minimum atomic E-state index is -1.05. The lowest BCUT2D eigenvalue weighted by Crippen LogP contribution is -2.59. The Labute approximate surface area is 179 Å². The van der Waals surface area contributed by atoms with Crippen molar-refractivity contribution in [3.63, 3.8) is 0 Å². The lowest BCUT2D eigenvalue weighted by molar-refractivity contribution is 0.00652. The summed E-state index contributed by atoms with van der Waals surface area (Å²) in [6.45, 7) is 1.87. The standard InChI is InChI=1S/C23H24FN5O2/c1-13-9-15(12-25-27-13)14-5-6-17(20(30)10-14)18-7-8-22(29-28-18)31-21-11-16-3-2-4-19(26-16)23(21)24/h5-10,12,16,19,21,23,26,30H,2-4,11H2,1H3/t16-,19+,21-,23+/m0/s1. The van der Waals surface area contributed by atoms with E-state index in [-0.39, 0.29) is 11.8 Å². The number of nitrogens with zero attached hydrogens (tertiary/aromatic N) is 4. The maximum Gasteiger partial charge on any atom is 0.233 e. The summed E-state index contributed by atoms with van der Waals surface area (Å²) in [6, 6.07) is 10.8. The van der Waals surface area contributed by atoms with E-state index >= 15 is 0 Å². The van der Waals surface area contributed by atoms with Crippen molar-refractivity contribution in [1.29, 1.82) is 0 Å². The van der Waals surface area contributed by atoms with Crippen LogP contribution in [0.5, 0.6) is 11.6 Å². The minimum absolute atomic E-state index is 0.0879. The predicted molar refractivity (Wildman–Crippen MR) is 113 cm³/mol. The van der Waals surface area contributed by atoms with Crippen molar-refractivity contribution in [2.45, 2.75) is 57.0 Å². The van der Waals surface area contributed by atoms with Gasteiger partial charge in [-0.3, -0.25) is 0 Å². The van der Waals surface area contributed by atoms with Crippen LogP contribution in [0.3, 0.4) is 0 Å². The molecular weight excluding hydrogens is 397 g/mol. The normalized spacial score (nSPS) is 25.2. The highest BCUT2D eigenvalue weighted by Crippen LogP contribution is 2.33. The van der Waals surface area contributed by atoms with Crippen molar-refractivity contribution in [3.8, 4) is 34.0 Å². The minimum Gasteiger partial charge on any atom is -0.507 e. The Kier molecular flexibility index (Phi) is 5.23. The number of hydrogen-bond acceptors (Lipinski definition) is 7. The molecule has 31 heavy (non-hydrogen) atoms. The Hall–Kier alpha value is -3.13. The van der Waals surface area contributed by atoms with E-state index in [9.17, 15) is 9.50 Å². The van der Waals surface area contributed by atoms with Crippen molar-refractivity contribution in [3.05, 3.63) is 48.3 Å². The molecule has 0 spiro atoms. The van der Waals surface area contributed by atoms with Crippen molar-refractivity contribution < 1.29 is 14.2 Å². The monoisotopic (exact) mass is 421 g/mol. The number of benzene rings is 1. The quantitative estimate of drug-likeness (QED) is 0.665. The molecule has 0 saturated carbocycles. The molecule has 160 valence electrons. The number of rotatable bonds is 4. The van der Waals surface area contributed by atoms with Crippen molar-refractivity contribution in [1.82, 2.24) is 25.7 Å². The maximum atomic E-state index is 14.7. The van der Waals surface area contributed by atoms with Crippen LogP contribution >= 0.6 is 0 Å². The highest BCUT2D eigenvalue weighted by atomic mass is 19.1. The average Bonchev–Trinajstić information content (AvgIpc) is 2.78. The van der Waals surface area contributed by atoms with Gasteiger partial charge in [-0.2, -0.15) is 10.2 Å². The Morgan fingerprint density at radius 3 is 2.74 bits per heavy atom. The first kappa shape index (κ1) is 19.8. The van der Waals surface area contributed by atoms with Gasteiger partial charge in [-0.05, 0) is 49.6 Å². The smallest absolute Gasteiger partial charge is 0.233 e. The van der Waals surface area contributed by atoms with E-state index in [0.29, 0.717) is 29.6 Å². The lowest BCUT2D eigenvalue weighted by Gasteiger charge is -2.42. The molecule has 5 rings (SSSR count). The fourth-order valence-electron chi connectivity index (χ4n) is 4.51. The number of piperidine rings is 2. The van der Waals surface area contributed by atoms with Crippen molar-refractivity contribution in [2.24, 2.45) is 0 Å². The molecule has 2 aliphatic rings. The van der Waals surface area contributed by atoms with Crippen LogP contribution in [0, 0.1) is 6.92 Å². The molecule has 2 aromatic heterocycles. The Morgan fingerprint density at radius 1 is 1.06 bits per heavy atom. The first-order chi connectivity index (χ1) is 15.1. The Morgan fingerprint density at radius 2 is 1.97 bits per heavy atom. The SMILES string of the molecule is Cc1cc(-c2ccc(-c3ccc(O[C@H]4C[C@@H]5CCC[C@@H](N5)[C@H]4F)nn3)c(O)c2)cnn1. The van der Waals surface area contributed by atoms with Gasteiger partial charge in [-0.1, -0.05) is 12.5 Å². The summed E-state index contributed by atoms with van der Waals surface area (Å²) in [5.74, 6) is 0.385. The van der Waals surface area contributed by atoms with Crippen LogP contribution in [0.15, 0.2) is 42.6 Å². The van der Waals surface area contributed by atoms with Gasteiger partial charge in [0.25, 0.3) is 0 Å². The summed E-state index contributed by atoms with van der Waals surface area (Å²) in [5.41, 5.74) is 3.57. The van der Waals surface area contributed by atoms with E-state index in [1.165, 1.54) is 0 Å². The van der Waals surface area contributed by atoms with Crippen molar-refractivity contribution >= 4 is 0 Å². The Bertz CT molecular complexity index is 1080. The van der Waals surface area contributed by atoms with Gasteiger partial charge in [0.1, 0.15) is 11.9 Å². The van der Waals surface area contributed by atoms with Gasteiger partial charge in [0.2, 0.25) is 5.88 Å². The number of fused-ring (bicyclic) bond motifs is 2. The first-order valence-corrected chi connectivity index (χ1v) is 10.6. The van der Waals surface area contributed by atoms with Gasteiger partial charge < -0.3 is 15.2 Å². The molecule has 3 aromatic rings. The molecule has 2 N–H and O–H groups in total. The van der Waals surface area contributed by atoms with Crippen LogP contribution in [-0.4, -0.2) is 49.9 Å². The van der Waals surface area contributed by atoms with E-state index in [1.54, 1.807) is 30.5 Å². The van der Waals surface area contributed by atoms with Gasteiger partial charge in [-0.25, -0.2) is 4.39 Å². The third-order valence-electron chi connectivity index (χ3n) is 6.07. The first-order valence-electron chi connectivity index (χ1n) is 10.6. The second kappa shape index (κ2) is 8.19. The molecule has 4 heterocycles. The summed E-state index contributed by atoms with van der Waals surface area (Å²) in [6.07, 6.45) is 3.67. The molecule has 0 amide bonds. The van der Waals surface area contributed by atoms with Crippen molar-refractivity contribution in [2.75, 3.05) is 0 Å². The number of aromatic nitrogens is 4. The van der Waals surface area contributed by atoms with E-state index in [2.05, 4.69) is 25.7 Å². The van der Waals surface area contributed by atoms with Crippen LogP contribution in [-0.2, 0) is 0 Å². The van der Waals surface area contributed by atoms with Crippen LogP contribution in [0.2, 0.25) is 0 Å². The van der Waals surface area contributed by atoms with Gasteiger partial charge in [0, 0.05) is 35.7 Å². The van der Waals surface area contributed by atoms with Gasteiger partial charge >= 0.3 is 0 Å². The third-order valence-corrected chi connectivity index (χ3v) is 6.07. The molecule has 2 fully saturated rings. The number of halogens is 1. The van der Waals surface area contributed by atoms with E-state index in [4.69, 9.17) is 4.74 Å². The summed E-state index contributed by atoms with van der Waals surface area (Å²) < 4.78 is 20.6. The summed E-state index contributed by atoms with van der Waals surface area (Å²) in [5, 5.41) is 30.1. The molecule has 2 bridgehead atoms. The van der Waals surface area contributed by atoms with E-state index < -0.39 is 12.3 Å². The number of hydrogen-bond donors (Lipinski definition) is 2. The van der Waals surface area contributed by atoms with Gasteiger partial charge in [-0.15, -0.1) is 10.2 Å². The van der Waals surface area contributed by atoms with Gasteiger partial charge in [0.05, 0.1) is 17.6 Å². The molecule has 8 heteroatoms. The van der Waals surface area contributed by atoms with Crippen LogP contribution in [0.4, 0.5) is 4.39 Å². The zero-order valence-corrected chi connectivity index (χ0v) is 17.2. The van der Waals surface area contributed by atoms with E-state index in [1.807, 2.05) is 19.1 Å². The number of aromatic hydroxyl groups is 1. The molecule has 0 unspecified atom stereocenters. The van der Waals surface area contributed by atoms with Gasteiger partial charge in [0.15, 0.2) is 6.17 Å². The highest BCUT2D eigenvalue weighted by molar-refractivity contribution is 5.73. The van der Waals surface area contributed by atoms with Crippen LogP contribution < -0.4 is 10.1 Å². The number of nitrogens with one attached hydrogen (secondary N) is 1. The maximum absolute atomic E-state index is 14.7. The molecule has 0 radical (unpaired) electrons. The number of ether oxygens (including phenoxy) is 1. The summed E-state index contributed by atoms with van der Waals surface area (Å²) in [7, 11) is 0. The molecule has 7 nitrogen and oxygen atoms in total. The average molecular weight is 421 g/mol. The molecule has 1 aromatic carbocycles. The third kappa shape index (κ3) is 4.07. The Balaban J connectivity index is 1.32. The number of aryl methyl sites for hydroxylation is 1. The molecular formula is C23H24FN5O2. The van der Waals surface area contributed by atoms with E-state index in [0.717, 1.165) is 36.1 Å². The fourth-order valence-corrected chi connectivity index (χ4v) is 4.51. The summed E-state index contributed by atoms with van der Waals surface area (Å²) >= 11 is 0. The second-order valence-corrected chi connectivity index (χ2v) is 8.31. The number of alkyl halides is 1. The summed E-state index contributed by atoms with van der Waals surface area (Å²) in [4.78, 5) is 0. The topological polar surface area (TPSA) is 93.0 Å². The zero-order valence-electron chi connectivity index (χ0n) is 17.2. The number of phenols is 1. The number of phenolic OH excluding ortho intramolecular Hbond substituents is 1. The lowest BCUT2D eigenvalue weighted by atomic mass is 9.84. The highest BCUT2D eigenvalue weighted by Gasteiger charge is 2.41. The fraction of sp³-hybridized carbons (Fsp3) is 0.391. The van der Waals surface area contributed by atoms with Crippen LogP contribution in [0.25, 0.3) is 22.4 Å². The molecule has 0 aliphatic carbocycles.